The fourth-order valence-electron chi connectivity index (χ4n) is 4.08. The SMILES string of the molecule is Cc1nc2c(C#N)c(N3CCC[C@@H](N)C3)n(Cc3cc(F)ccc3Cl)c2c(=O)n1C. The van der Waals surface area contributed by atoms with Crippen molar-refractivity contribution < 1.29 is 4.39 Å². The molecule has 3 aromatic rings. The number of nitrogens with two attached hydrogens (primary N) is 1. The summed E-state index contributed by atoms with van der Waals surface area (Å²) in [5, 5.41) is 10.4. The molecule has 9 heteroatoms. The molecule has 1 aliphatic heterocycles. The van der Waals surface area contributed by atoms with Crippen molar-refractivity contribution in [1.29, 1.82) is 5.26 Å². The van der Waals surface area contributed by atoms with Gasteiger partial charge in [0.2, 0.25) is 0 Å². The highest BCUT2D eigenvalue weighted by atomic mass is 35.5. The molecule has 7 nitrogen and oxygen atoms in total. The van der Waals surface area contributed by atoms with E-state index in [-0.39, 0.29) is 18.1 Å². The van der Waals surface area contributed by atoms with Gasteiger partial charge in [-0.1, -0.05) is 11.6 Å². The summed E-state index contributed by atoms with van der Waals surface area (Å²) in [6, 6.07) is 6.32. The Kier molecular flexibility index (Phi) is 5.26. The van der Waals surface area contributed by atoms with Gasteiger partial charge in [0, 0.05) is 31.2 Å². The maximum absolute atomic E-state index is 13.9. The van der Waals surface area contributed by atoms with Gasteiger partial charge in [-0.3, -0.25) is 9.36 Å². The van der Waals surface area contributed by atoms with Crippen LogP contribution in [0.25, 0.3) is 11.0 Å². The Morgan fingerprint density at radius 1 is 1.43 bits per heavy atom. The zero-order chi connectivity index (χ0) is 21.6. The molecule has 0 radical (unpaired) electrons. The van der Waals surface area contributed by atoms with Crippen molar-refractivity contribution in [1.82, 2.24) is 14.1 Å². The Morgan fingerprint density at radius 3 is 2.90 bits per heavy atom. The normalized spacial score (nSPS) is 16.8. The number of piperidine rings is 1. The van der Waals surface area contributed by atoms with Crippen LogP contribution < -0.4 is 16.2 Å². The van der Waals surface area contributed by atoms with Crippen molar-refractivity contribution in [3.05, 3.63) is 56.3 Å². The topological polar surface area (TPSA) is 92.9 Å². The van der Waals surface area contributed by atoms with Crippen molar-refractivity contribution in [3.8, 4) is 6.07 Å². The van der Waals surface area contributed by atoms with Crippen LogP contribution in [0.1, 0.15) is 29.8 Å². The molecule has 1 aliphatic rings. The molecular formula is C21H22ClFN6O. The smallest absolute Gasteiger partial charge is 0.277 e. The van der Waals surface area contributed by atoms with Crippen LogP contribution in [0.5, 0.6) is 0 Å². The Labute approximate surface area is 178 Å². The van der Waals surface area contributed by atoms with E-state index in [1.165, 1.54) is 22.8 Å². The largest absolute Gasteiger partial charge is 0.355 e. The summed E-state index contributed by atoms with van der Waals surface area (Å²) >= 11 is 6.32. The first kappa shape index (κ1) is 20.4. The van der Waals surface area contributed by atoms with Crippen molar-refractivity contribution in [2.24, 2.45) is 12.8 Å². The molecule has 156 valence electrons. The molecule has 4 rings (SSSR count). The van der Waals surface area contributed by atoms with Gasteiger partial charge in [-0.25, -0.2) is 9.37 Å². The maximum atomic E-state index is 13.9. The Bertz CT molecular complexity index is 1240. The molecule has 0 amide bonds. The molecule has 1 aromatic carbocycles. The predicted octanol–water partition coefficient (Wildman–Crippen LogP) is 2.68. The van der Waals surface area contributed by atoms with E-state index >= 15 is 0 Å². The van der Waals surface area contributed by atoms with Crippen molar-refractivity contribution >= 4 is 28.5 Å². The van der Waals surface area contributed by atoms with E-state index in [1.54, 1.807) is 18.5 Å². The second-order valence-electron chi connectivity index (χ2n) is 7.70. The molecule has 0 saturated carbocycles. The molecule has 1 saturated heterocycles. The zero-order valence-electron chi connectivity index (χ0n) is 16.8. The van der Waals surface area contributed by atoms with E-state index in [0.29, 0.717) is 51.9 Å². The maximum Gasteiger partial charge on any atom is 0.277 e. The summed E-state index contributed by atoms with van der Waals surface area (Å²) < 4.78 is 17.1. The van der Waals surface area contributed by atoms with E-state index in [2.05, 4.69) is 11.1 Å². The van der Waals surface area contributed by atoms with Gasteiger partial charge in [-0.2, -0.15) is 5.26 Å². The van der Waals surface area contributed by atoms with Crippen LogP contribution in [0.3, 0.4) is 0 Å². The van der Waals surface area contributed by atoms with Crippen LogP contribution in [0.15, 0.2) is 23.0 Å². The minimum atomic E-state index is -0.421. The average Bonchev–Trinajstić information content (AvgIpc) is 3.02. The Morgan fingerprint density at radius 2 is 2.20 bits per heavy atom. The first-order valence-corrected chi connectivity index (χ1v) is 10.1. The Balaban J connectivity index is 2.04. The van der Waals surface area contributed by atoms with Gasteiger partial charge in [0.05, 0.1) is 6.54 Å². The molecule has 30 heavy (non-hydrogen) atoms. The molecule has 0 bridgehead atoms. The van der Waals surface area contributed by atoms with Crippen LogP contribution in [-0.2, 0) is 13.6 Å². The van der Waals surface area contributed by atoms with E-state index in [4.69, 9.17) is 17.3 Å². The number of fused-ring (bicyclic) bond motifs is 1. The second kappa shape index (κ2) is 7.74. The zero-order valence-corrected chi connectivity index (χ0v) is 17.6. The highest BCUT2D eigenvalue weighted by Crippen LogP contribution is 2.33. The number of nitrogens with zero attached hydrogens (tertiary/aromatic N) is 5. The first-order chi connectivity index (χ1) is 14.3. The highest BCUT2D eigenvalue weighted by molar-refractivity contribution is 6.31. The quantitative estimate of drug-likeness (QED) is 0.692. The fourth-order valence-corrected chi connectivity index (χ4v) is 4.26. The van der Waals surface area contributed by atoms with E-state index < -0.39 is 5.82 Å². The number of benzene rings is 1. The lowest BCUT2D eigenvalue weighted by Crippen LogP contribution is -2.44. The van der Waals surface area contributed by atoms with E-state index in [9.17, 15) is 14.4 Å². The minimum absolute atomic E-state index is 0.0351. The van der Waals surface area contributed by atoms with Crippen LogP contribution in [0, 0.1) is 24.1 Å². The van der Waals surface area contributed by atoms with Gasteiger partial charge in [0.25, 0.3) is 5.56 Å². The molecule has 0 aliphatic carbocycles. The standard InChI is InChI=1S/C21H22ClFN6O/c1-12-26-18-16(9-24)20(28-7-3-4-15(25)11-28)29(19(18)21(30)27(12)2)10-13-8-14(23)5-6-17(13)22/h5-6,8,15H,3-4,7,10-11,25H2,1-2H3/t15-/m1/s1. The van der Waals surface area contributed by atoms with Gasteiger partial charge < -0.3 is 15.2 Å². The lowest BCUT2D eigenvalue weighted by molar-refractivity contribution is 0.498. The minimum Gasteiger partial charge on any atom is -0.355 e. The third kappa shape index (κ3) is 3.34. The van der Waals surface area contributed by atoms with Gasteiger partial charge in [0.1, 0.15) is 40.1 Å². The molecular weight excluding hydrogens is 407 g/mol. The number of aryl methyl sites for hydroxylation is 1. The molecule has 1 fully saturated rings. The van der Waals surface area contributed by atoms with Crippen molar-refractivity contribution in [3.63, 3.8) is 0 Å². The van der Waals surface area contributed by atoms with Crippen LogP contribution in [0.4, 0.5) is 10.2 Å². The Hall–Kier alpha value is -2.89. The lowest BCUT2D eigenvalue weighted by Gasteiger charge is -2.33. The molecule has 3 heterocycles. The predicted molar refractivity (Wildman–Crippen MR) is 114 cm³/mol. The second-order valence-corrected chi connectivity index (χ2v) is 8.11. The number of rotatable bonds is 3. The summed E-state index contributed by atoms with van der Waals surface area (Å²) in [6.45, 7) is 3.12. The first-order valence-electron chi connectivity index (χ1n) is 9.76. The number of hydrogen-bond acceptors (Lipinski definition) is 5. The monoisotopic (exact) mass is 428 g/mol. The summed E-state index contributed by atoms with van der Waals surface area (Å²) in [6.07, 6.45) is 1.77. The van der Waals surface area contributed by atoms with Gasteiger partial charge in [0.15, 0.2) is 0 Å². The number of nitriles is 1. The van der Waals surface area contributed by atoms with Gasteiger partial charge in [-0.05, 0) is 43.5 Å². The van der Waals surface area contributed by atoms with Crippen molar-refractivity contribution in [2.75, 3.05) is 18.0 Å². The summed E-state index contributed by atoms with van der Waals surface area (Å²) in [5.41, 5.74) is 7.41. The van der Waals surface area contributed by atoms with Gasteiger partial charge >= 0.3 is 0 Å². The third-order valence-corrected chi connectivity index (χ3v) is 6.05. The number of aromatic nitrogens is 3. The fraction of sp³-hybridized carbons (Fsp3) is 0.381. The van der Waals surface area contributed by atoms with Crippen LogP contribution in [0.2, 0.25) is 5.02 Å². The third-order valence-electron chi connectivity index (χ3n) is 5.68. The number of hydrogen-bond donors (Lipinski definition) is 1. The molecule has 0 unspecified atom stereocenters. The number of halogens is 2. The summed E-state index contributed by atoms with van der Waals surface area (Å²) in [4.78, 5) is 19.7. The molecule has 2 aromatic heterocycles. The summed E-state index contributed by atoms with van der Waals surface area (Å²) in [5.74, 6) is 0.666. The summed E-state index contributed by atoms with van der Waals surface area (Å²) in [7, 11) is 1.64. The lowest BCUT2D eigenvalue weighted by atomic mass is 10.1. The van der Waals surface area contributed by atoms with Gasteiger partial charge in [-0.15, -0.1) is 0 Å². The van der Waals surface area contributed by atoms with Crippen molar-refractivity contribution in [2.45, 2.75) is 32.4 Å². The molecule has 2 N–H and O–H groups in total. The van der Waals surface area contributed by atoms with E-state index in [0.717, 1.165) is 12.8 Å². The van der Waals surface area contributed by atoms with Crippen LogP contribution >= 0.6 is 11.6 Å². The average molecular weight is 429 g/mol. The molecule has 0 spiro atoms. The van der Waals surface area contributed by atoms with Crippen LogP contribution in [-0.4, -0.2) is 33.2 Å². The highest BCUT2D eigenvalue weighted by Gasteiger charge is 2.29. The number of anilines is 1. The molecule has 1 atom stereocenters. The van der Waals surface area contributed by atoms with E-state index in [1.807, 2.05) is 4.90 Å².